The third-order valence-corrected chi connectivity index (χ3v) is 4.18. The van der Waals surface area contributed by atoms with Crippen molar-refractivity contribution in [1.29, 1.82) is 0 Å². The molecule has 1 heteroatoms. The Morgan fingerprint density at radius 1 is 1.00 bits per heavy atom. The molecule has 0 aromatic carbocycles. The van der Waals surface area contributed by atoms with Crippen molar-refractivity contribution in [2.24, 2.45) is 11.8 Å². The first-order valence-electron chi connectivity index (χ1n) is 5.42. The van der Waals surface area contributed by atoms with E-state index in [4.69, 9.17) is 0 Å². The van der Waals surface area contributed by atoms with Crippen LogP contribution in [0.25, 0.3) is 0 Å². The number of piperidine rings is 1. The van der Waals surface area contributed by atoms with E-state index in [0.29, 0.717) is 0 Å². The molecular formula is C11H21N. The highest BCUT2D eigenvalue weighted by Crippen LogP contribution is 2.41. The summed E-state index contributed by atoms with van der Waals surface area (Å²) in [6, 6.07) is 1.74. The second-order valence-corrected chi connectivity index (χ2v) is 4.90. The van der Waals surface area contributed by atoms with Gasteiger partial charge in [0.25, 0.3) is 0 Å². The molecule has 2 rings (SSSR count). The molecule has 0 spiro atoms. The number of nitrogens with zero attached hydrogens (tertiary/aromatic N) is 1. The summed E-state index contributed by atoms with van der Waals surface area (Å²) in [6.45, 7) is 4.81. The molecule has 1 saturated heterocycles. The van der Waals surface area contributed by atoms with Gasteiger partial charge in [-0.15, -0.1) is 0 Å². The topological polar surface area (TPSA) is 3.24 Å². The molecule has 1 unspecified atom stereocenters. The zero-order valence-corrected chi connectivity index (χ0v) is 8.59. The van der Waals surface area contributed by atoms with E-state index in [1.54, 1.807) is 0 Å². The van der Waals surface area contributed by atoms with E-state index in [0.717, 1.165) is 23.9 Å². The molecule has 0 aromatic rings. The molecule has 1 saturated carbocycles. The van der Waals surface area contributed by atoms with Gasteiger partial charge in [0, 0.05) is 12.1 Å². The van der Waals surface area contributed by atoms with Crippen LogP contribution in [0.4, 0.5) is 0 Å². The van der Waals surface area contributed by atoms with Gasteiger partial charge in [0.05, 0.1) is 0 Å². The Kier molecular flexibility index (Phi) is 2.16. The molecule has 0 bridgehead atoms. The van der Waals surface area contributed by atoms with E-state index < -0.39 is 0 Å². The standard InChI is InChI=1S/C11H21N/c1-8-4-6-10-7-5-9(2)12(3)11(8)10/h8-11H,4-7H2,1-3H3/t8-,9+,10?,11-/m1/s1. The maximum atomic E-state index is 2.63. The van der Waals surface area contributed by atoms with Gasteiger partial charge in [-0.25, -0.2) is 0 Å². The number of rotatable bonds is 0. The minimum atomic E-state index is 0.826. The molecule has 1 heterocycles. The zero-order chi connectivity index (χ0) is 8.72. The lowest BCUT2D eigenvalue weighted by Gasteiger charge is -2.41. The maximum absolute atomic E-state index is 2.63. The third-order valence-electron chi connectivity index (χ3n) is 4.18. The Morgan fingerprint density at radius 3 is 2.42 bits per heavy atom. The zero-order valence-electron chi connectivity index (χ0n) is 8.59. The summed E-state index contributed by atoms with van der Waals surface area (Å²) in [5.41, 5.74) is 0. The van der Waals surface area contributed by atoms with E-state index in [9.17, 15) is 0 Å². The molecule has 1 aliphatic carbocycles. The van der Waals surface area contributed by atoms with Crippen molar-refractivity contribution in [3.63, 3.8) is 0 Å². The maximum Gasteiger partial charge on any atom is 0.0149 e. The summed E-state index contributed by atoms with van der Waals surface area (Å²) in [6.07, 6.45) is 5.86. The van der Waals surface area contributed by atoms with Crippen LogP contribution in [0.15, 0.2) is 0 Å². The summed E-state index contributed by atoms with van der Waals surface area (Å²) in [7, 11) is 2.32. The Labute approximate surface area is 76.1 Å². The average molecular weight is 167 g/mol. The monoisotopic (exact) mass is 167 g/mol. The molecule has 1 nitrogen and oxygen atoms in total. The highest BCUT2D eigenvalue weighted by Gasteiger charge is 2.40. The van der Waals surface area contributed by atoms with Crippen molar-refractivity contribution in [3.8, 4) is 0 Å². The first kappa shape index (κ1) is 8.55. The molecule has 1 aliphatic heterocycles. The fraction of sp³-hybridized carbons (Fsp3) is 1.00. The Bertz CT molecular complexity index is 166. The molecule has 12 heavy (non-hydrogen) atoms. The first-order valence-corrected chi connectivity index (χ1v) is 5.42. The van der Waals surface area contributed by atoms with Crippen LogP contribution < -0.4 is 0 Å². The quantitative estimate of drug-likeness (QED) is 0.536. The van der Waals surface area contributed by atoms with Crippen LogP contribution in [0.2, 0.25) is 0 Å². The number of fused-ring (bicyclic) bond motifs is 1. The highest BCUT2D eigenvalue weighted by atomic mass is 15.2. The minimum absolute atomic E-state index is 0.826. The fourth-order valence-electron chi connectivity index (χ4n) is 3.28. The van der Waals surface area contributed by atoms with E-state index in [-0.39, 0.29) is 0 Å². The lowest BCUT2D eigenvalue weighted by atomic mass is 9.86. The summed E-state index contributed by atoms with van der Waals surface area (Å²) in [5.74, 6) is 1.98. The summed E-state index contributed by atoms with van der Waals surface area (Å²) in [5, 5.41) is 0. The van der Waals surface area contributed by atoms with Gasteiger partial charge in [-0.2, -0.15) is 0 Å². The van der Waals surface area contributed by atoms with Crippen LogP contribution in [0.5, 0.6) is 0 Å². The van der Waals surface area contributed by atoms with Crippen molar-refractivity contribution in [2.45, 2.75) is 51.6 Å². The van der Waals surface area contributed by atoms with E-state index in [1.165, 1.54) is 25.7 Å². The SMILES string of the molecule is C[C@@H]1CCC2CC[C@H](C)N(C)[C@@H]21. The van der Waals surface area contributed by atoms with Crippen LogP contribution in [0.1, 0.15) is 39.5 Å². The Balaban J connectivity index is 2.11. The van der Waals surface area contributed by atoms with Crippen LogP contribution in [0, 0.1) is 11.8 Å². The van der Waals surface area contributed by atoms with Crippen molar-refractivity contribution in [1.82, 2.24) is 4.90 Å². The van der Waals surface area contributed by atoms with Crippen molar-refractivity contribution < 1.29 is 0 Å². The Morgan fingerprint density at radius 2 is 1.67 bits per heavy atom. The van der Waals surface area contributed by atoms with E-state index in [1.807, 2.05) is 0 Å². The van der Waals surface area contributed by atoms with Gasteiger partial charge in [0.1, 0.15) is 0 Å². The summed E-state index contributed by atoms with van der Waals surface area (Å²) in [4.78, 5) is 2.63. The van der Waals surface area contributed by atoms with Gasteiger partial charge in [-0.05, 0) is 51.5 Å². The van der Waals surface area contributed by atoms with Gasteiger partial charge >= 0.3 is 0 Å². The molecule has 0 N–H and O–H groups in total. The molecule has 70 valence electrons. The van der Waals surface area contributed by atoms with Gasteiger partial charge < -0.3 is 4.90 Å². The first-order chi connectivity index (χ1) is 5.70. The lowest BCUT2D eigenvalue weighted by molar-refractivity contribution is 0.0710. The van der Waals surface area contributed by atoms with Gasteiger partial charge in [-0.3, -0.25) is 0 Å². The van der Waals surface area contributed by atoms with Crippen LogP contribution in [0.3, 0.4) is 0 Å². The molecular weight excluding hydrogens is 146 g/mol. The molecule has 0 radical (unpaired) electrons. The van der Waals surface area contributed by atoms with Gasteiger partial charge in [0.2, 0.25) is 0 Å². The number of likely N-dealkylation sites (tertiary alicyclic amines) is 1. The van der Waals surface area contributed by atoms with Crippen LogP contribution in [-0.2, 0) is 0 Å². The normalized spacial score (nSPS) is 49.2. The predicted octanol–water partition coefficient (Wildman–Crippen LogP) is 2.52. The smallest absolute Gasteiger partial charge is 0.0149 e. The van der Waals surface area contributed by atoms with Crippen molar-refractivity contribution in [2.75, 3.05) is 7.05 Å². The average Bonchev–Trinajstić information content (AvgIpc) is 2.41. The number of hydrogen-bond acceptors (Lipinski definition) is 1. The third kappa shape index (κ3) is 1.19. The Hall–Kier alpha value is -0.0400. The van der Waals surface area contributed by atoms with Gasteiger partial charge in [-0.1, -0.05) is 6.92 Å². The van der Waals surface area contributed by atoms with Crippen molar-refractivity contribution in [3.05, 3.63) is 0 Å². The van der Waals surface area contributed by atoms with Gasteiger partial charge in [0.15, 0.2) is 0 Å². The van der Waals surface area contributed by atoms with E-state index >= 15 is 0 Å². The van der Waals surface area contributed by atoms with E-state index in [2.05, 4.69) is 25.8 Å². The molecule has 2 aliphatic rings. The van der Waals surface area contributed by atoms with Crippen LogP contribution in [-0.4, -0.2) is 24.0 Å². The molecule has 2 fully saturated rings. The minimum Gasteiger partial charge on any atom is -0.300 e. The second kappa shape index (κ2) is 3.02. The molecule has 0 amide bonds. The van der Waals surface area contributed by atoms with Crippen LogP contribution >= 0.6 is 0 Å². The largest absolute Gasteiger partial charge is 0.300 e. The molecule has 4 atom stereocenters. The number of hydrogen-bond donors (Lipinski definition) is 0. The highest BCUT2D eigenvalue weighted by molar-refractivity contribution is 4.94. The predicted molar refractivity (Wildman–Crippen MR) is 52.1 cm³/mol. The van der Waals surface area contributed by atoms with Crippen molar-refractivity contribution >= 4 is 0 Å². The fourth-order valence-corrected chi connectivity index (χ4v) is 3.28. The molecule has 0 aromatic heterocycles. The summed E-state index contributed by atoms with van der Waals surface area (Å²) >= 11 is 0. The lowest BCUT2D eigenvalue weighted by Crippen LogP contribution is -2.47. The summed E-state index contributed by atoms with van der Waals surface area (Å²) < 4.78 is 0. The second-order valence-electron chi connectivity index (χ2n) is 4.90.